The zero-order valence-electron chi connectivity index (χ0n) is 9.19. The number of nitrogens with one attached hydrogen (secondary N) is 1. The summed E-state index contributed by atoms with van der Waals surface area (Å²) in [4.78, 5) is 10.9. The lowest BCUT2D eigenvalue weighted by Gasteiger charge is -2.15. The highest BCUT2D eigenvalue weighted by Crippen LogP contribution is 2.24. The van der Waals surface area contributed by atoms with Crippen LogP contribution in [0.25, 0.3) is 0 Å². The number of carboxylic acids is 1. The Balaban J connectivity index is 2.17. The van der Waals surface area contributed by atoms with Gasteiger partial charge in [-0.3, -0.25) is 0 Å². The molecule has 0 bridgehead atoms. The van der Waals surface area contributed by atoms with Crippen molar-refractivity contribution < 1.29 is 9.90 Å². The minimum absolute atomic E-state index is 0.346. The Morgan fingerprint density at radius 2 is 2.38 bits per heavy atom. The highest BCUT2D eigenvalue weighted by atomic mass is 32.2. The van der Waals surface area contributed by atoms with Crippen LogP contribution in [0.5, 0.6) is 0 Å². The number of anilines is 1. The summed E-state index contributed by atoms with van der Waals surface area (Å²) < 4.78 is 0. The van der Waals surface area contributed by atoms with Crippen molar-refractivity contribution in [3.63, 3.8) is 0 Å². The molecule has 2 rings (SSSR count). The molecule has 1 fully saturated rings. The SMILES string of the molecule is Cc1ccc(C(=O)O)cc1NC1CCSC1. The second kappa shape index (κ2) is 4.78. The molecule has 16 heavy (non-hydrogen) atoms. The van der Waals surface area contributed by atoms with Gasteiger partial charge in [-0.05, 0) is 36.8 Å². The van der Waals surface area contributed by atoms with Crippen molar-refractivity contribution >= 4 is 23.4 Å². The molecule has 0 radical (unpaired) electrons. The molecule has 0 aromatic heterocycles. The summed E-state index contributed by atoms with van der Waals surface area (Å²) in [6.45, 7) is 2.00. The van der Waals surface area contributed by atoms with Crippen LogP contribution in [0.2, 0.25) is 0 Å². The van der Waals surface area contributed by atoms with E-state index in [-0.39, 0.29) is 0 Å². The maximum absolute atomic E-state index is 10.9. The van der Waals surface area contributed by atoms with Crippen molar-refractivity contribution in [1.82, 2.24) is 0 Å². The minimum Gasteiger partial charge on any atom is -0.478 e. The van der Waals surface area contributed by atoms with Gasteiger partial charge in [0.2, 0.25) is 0 Å². The molecule has 0 amide bonds. The van der Waals surface area contributed by atoms with Crippen LogP contribution in [0.1, 0.15) is 22.3 Å². The highest BCUT2D eigenvalue weighted by Gasteiger charge is 2.16. The van der Waals surface area contributed by atoms with Gasteiger partial charge in [-0.2, -0.15) is 11.8 Å². The lowest BCUT2D eigenvalue weighted by Crippen LogP contribution is -2.19. The fourth-order valence-corrected chi connectivity index (χ4v) is 2.93. The van der Waals surface area contributed by atoms with E-state index in [4.69, 9.17) is 5.11 Å². The van der Waals surface area contributed by atoms with E-state index >= 15 is 0 Å². The lowest BCUT2D eigenvalue weighted by atomic mass is 10.1. The van der Waals surface area contributed by atoms with Crippen LogP contribution in [0.3, 0.4) is 0 Å². The van der Waals surface area contributed by atoms with E-state index in [1.165, 1.54) is 5.75 Å². The fraction of sp³-hybridized carbons (Fsp3) is 0.417. The summed E-state index contributed by atoms with van der Waals surface area (Å²) >= 11 is 1.94. The summed E-state index contributed by atoms with van der Waals surface area (Å²) in [5.41, 5.74) is 2.40. The van der Waals surface area contributed by atoms with E-state index in [9.17, 15) is 4.79 Å². The summed E-state index contributed by atoms with van der Waals surface area (Å²) in [5.74, 6) is 1.43. The van der Waals surface area contributed by atoms with E-state index in [0.29, 0.717) is 11.6 Å². The van der Waals surface area contributed by atoms with Crippen LogP contribution in [-0.2, 0) is 0 Å². The van der Waals surface area contributed by atoms with Crippen molar-refractivity contribution in [2.75, 3.05) is 16.8 Å². The van der Waals surface area contributed by atoms with Crippen LogP contribution in [0.4, 0.5) is 5.69 Å². The van der Waals surface area contributed by atoms with Gasteiger partial charge in [0.1, 0.15) is 0 Å². The lowest BCUT2D eigenvalue weighted by molar-refractivity contribution is 0.0697. The van der Waals surface area contributed by atoms with Crippen molar-refractivity contribution in [3.05, 3.63) is 29.3 Å². The Bertz CT molecular complexity index is 400. The number of carboxylic acid groups (broad SMARTS) is 1. The van der Waals surface area contributed by atoms with Crippen molar-refractivity contribution in [2.24, 2.45) is 0 Å². The first-order valence-corrected chi connectivity index (χ1v) is 6.50. The fourth-order valence-electron chi connectivity index (χ4n) is 1.78. The average molecular weight is 237 g/mol. The molecular weight excluding hydrogens is 222 g/mol. The first kappa shape index (κ1) is 11.3. The zero-order valence-corrected chi connectivity index (χ0v) is 10.0. The van der Waals surface area contributed by atoms with Gasteiger partial charge in [0.05, 0.1) is 5.56 Å². The third kappa shape index (κ3) is 2.50. The molecule has 0 aliphatic carbocycles. The Hall–Kier alpha value is -1.16. The van der Waals surface area contributed by atoms with E-state index in [1.807, 2.05) is 24.8 Å². The first-order chi connectivity index (χ1) is 7.66. The van der Waals surface area contributed by atoms with Gasteiger partial charge < -0.3 is 10.4 Å². The number of hydrogen-bond donors (Lipinski definition) is 2. The number of aryl methyl sites for hydroxylation is 1. The molecule has 1 aromatic rings. The Morgan fingerprint density at radius 1 is 1.56 bits per heavy atom. The molecule has 1 aromatic carbocycles. The largest absolute Gasteiger partial charge is 0.478 e. The van der Waals surface area contributed by atoms with Crippen molar-refractivity contribution in [3.8, 4) is 0 Å². The predicted molar refractivity (Wildman–Crippen MR) is 67.5 cm³/mol. The first-order valence-electron chi connectivity index (χ1n) is 5.35. The molecule has 1 aliphatic heterocycles. The molecule has 0 spiro atoms. The van der Waals surface area contributed by atoms with Gasteiger partial charge in [-0.1, -0.05) is 6.07 Å². The Kier molecular flexibility index (Phi) is 3.39. The Morgan fingerprint density at radius 3 is 3.00 bits per heavy atom. The van der Waals surface area contributed by atoms with Gasteiger partial charge >= 0.3 is 5.97 Å². The van der Waals surface area contributed by atoms with Gasteiger partial charge in [0.15, 0.2) is 0 Å². The second-order valence-electron chi connectivity index (χ2n) is 4.04. The van der Waals surface area contributed by atoms with Gasteiger partial charge in [-0.25, -0.2) is 4.79 Å². The van der Waals surface area contributed by atoms with Crippen LogP contribution < -0.4 is 5.32 Å². The predicted octanol–water partition coefficient (Wildman–Crippen LogP) is 2.61. The molecule has 4 heteroatoms. The number of thioether (sulfide) groups is 1. The molecular formula is C12H15NO2S. The van der Waals surface area contributed by atoms with Crippen LogP contribution in [-0.4, -0.2) is 28.6 Å². The Labute approximate surface area is 99.2 Å². The number of aromatic carboxylic acids is 1. The molecule has 0 saturated carbocycles. The van der Waals surface area contributed by atoms with E-state index in [2.05, 4.69) is 5.32 Å². The molecule has 2 N–H and O–H groups in total. The smallest absolute Gasteiger partial charge is 0.335 e. The summed E-state index contributed by atoms with van der Waals surface area (Å²) in [7, 11) is 0. The zero-order chi connectivity index (χ0) is 11.5. The van der Waals surface area contributed by atoms with Crippen LogP contribution in [0.15, 0.2) is 18.2 Å². The van der Waals surface area contributed by atoms with Crippen molar-refractivity contribution in [1.29, 1.82) is 0 Å². The molecule has 1 aliphatic rings. The third-order valence-electron chi connectivity index (χ3n) is 2.77. The maximum atomic E-state index is 10.9. The van der Waals surface area contributed by atoms with Gasteiger partial charge in [-0.15, -0.1) is 0 Å². The molecule has 86 valence electrons. The topological polar surface area (TPSA) is 49.3 Å². The average Bonchev–Trinajstić information content (AvgIpc) is 2.73. The van der Waals surface area contributed by atoms with Crippen molar-refractivity contribution in [2.45, 2.75) is 19.4 Å². The third-order valence-corrected chi connectivity index (χ3v) is 3.94. The second-order valence-corrected chi connectivity index (χ2v) is 5.19. The van der Waals surface area contributed by atoms with E-state index in [1.54, 1.807) is 12.1 Å². The van der Waals surface area contributed by atoms with Crippen LogP contribution >= 0.6 is 11.8 Å². The minimum atomic E-state index is -0.871. The summed E-state index contributed by atoms with van der Waals surface area (Å²) in [5, 5.41) is 12.3. The van der Waals surface area contributed by atoms with E-state index < -0.39 is 5.97 Å². The number of benzene rings is 1. The number of rotatable bonds is 3. The molecule has 3 nitrogen and oxygen atoms in total. The normalized spacial score (nSPS) is 19.7. The summed E-state index contributed by atoms with van der Waals surface area (Å²) in [6.07, 6.45) is 1.15. The molecule has 1 unspecified atom stereocenters. The van der Waals surface area contributed by atoms with E-state index in [0.717, 1.165) is 23.4 Å². The maximum Gasteiger partial charge on any atom is 0.335 e. The summed E-state index contributed by atoms with van der Waals surface area (Å²) in [6, 6.07) is 5.70. The van der Waals surface area contributed by atoms with Gasteiger partial charge in [0.25, 0.3) is 0 Å². The number of hydrogen-bond acceptors (Lipinski definition) is 3. The number of carbonyl (C=O) groups is 1. The molecule has 1 atom stereocenters. The molecule has 1 heterocycles. The standard InChI is InChI=1S/C12H15NO2S/c1-8-2-3-9(12(14)15)6-11(8)13-10-4-5-16-7-10/h2-3,6,10,13H,4-5,7H2,1H3,(H,14,15). The van der Waals surface area contributed by atoms with Crippen LogP contribution in [0, 0.1) is 6.92 Å². The molecule has 1 saturated heterocycles. The monoisotopic (exact) mass is 237 g/mol. The highest BCUT2D eigenvalue weighted by molar-refractivity contribution is 7.99. The quantitative estimate of drug-likeness (QED) is 0.848. The van der Waals surface area contributed by atoms with Gasteiger partial charge in [0, 0.05) is 17.5 Å².